The van der Waals surface area contributed by atoms with Gasteiger partial charge in [0.1, 0.15) is 11.4 Å². The SMILES string of the molecule is COc1cnc(C(F)F)cc1-c1cc(Br)ccc1C=O. The topological polar surface area (TPSA) is 39.2 Å². The first-order chi connectivity index (χ1) is 9.56. The zero-order valence-electron chi connectivity index (χ0n) is 10.4. The molecule has 6 heteroatoms. The van der Waals surface area contributed by atoms with Crippen LogP contribution in [-0.4, -0.2) is 18.4 Å². The maximum atomic E-state index is 12.8. The summed E-state index contributed by atoms with van der Waals surface area (Å²) in [6, 6.07) is 6.22. The van der Waals surface area contributed by atoms with E-state index in [4.69, 9.17) is 4.74 Å². The number of hydrogen-bond acceptors (Lipinski definition) is 3. The minimum absolute atomic E-state index is 0.329. The van der Waals surface area contributed by atoms with Crippen LogP contribution in [0, 0.1) is 0 Å². The van der Waals surface area contributed by atoms with Gasteiger partial charge < -0.3 is 4.74 Å². The molecule has 0 atom stereocenters. The average molecular weight is 342 g/mol. The molecule has 0 spiro atoms. The number of carbonyl (C=O) groups excluding carboxylic acids is 1. The van der Waals surface area contributed by atoms with Crippen LogP contribution in [0.25, 0.3) is 11.1 Å². The highest BCUT2D eigenvalue weighted by atomic mass is 79.9. The van der Waals surface area contributed by atoms with Crippen molar-refractivity contribution in [2.24, 2.45) is 0 Å². The van der Waals surface area contributed by atoms with Crippen LogP contribution in [0.4, 0.5) is 8.78 Å². The van der Waals surface area contributed by atoms with Gasteiger partial charge in [-0.3, -0.25) is 9.78 Å². The lowest BCUT2D eigenvalue weighted by Gasteiger charge is -2.12. The van der Waals surface area contributed by atoms with Crippen LogP contribution in [0.3, 0.4) is 0 Å². The Hall–Kier alpha value is -1.82. The molecule has 3 nitrogen and oxygen atoms in total. The van der Waals surface area contributed by atoms with Crippen molar-refractivity contribution in [3.63, 3.8) is 0 Å². The molecule has 0 unspecified atom stereocenters. The van der Waals surface area contributed by atoms with Gasteiger partial charge in [0.25, 0.3) is 6.43 Å². The Labute approximate surface area is 122 Å². The molecule has 0 saturated heterocycles. The summed E-state index contributed by atoms with van der Waals surface area (Å²) in [6.45, 7) is 0. The second-order valence-electron chi connectivity index (χ2n) is 3.96. The van der Waals surface area contributed by atoms with E-state index in [1.54, 1.807) is 18.2 Å². The Morgan fingerprint density at radius 3 is 2.65 bits per heavy atom. The van der Waals surface area contributed by atoms with Gasteiger partial charge in [0, 0.05) is 15.6 Å². The molecule has 0 bridgehead atoms. The highest BCUT2D eigenvalue weighted by Crippen LogP contribution is 2.35. The Balaban J connectivity index is 2.69. The lowest BCUT2D eigenvalue weighted by molar-refractivity contribution is 0.112. The van der Waals surface area contributed by atoms with Crippen molar-refractivity contribution >= 4 is 22.2 Å². The average Bonchev–Trinajstić information content (AvgIpc) is 2.46. The number of pyridine rings is 1. The third-order valence-electron chi connectivity index (χ3n) is 2.76. The van der Waals surface area contributed by atoms with Gasteiger partial charge in [0.2, 0.25) is 0 Å². The molecule has 0 saturated carbocycles. The smallest absolute Gasteiger partial charge is 0.280 e. The van der Waals surface area contributed by atoms with E-state index in [-0.39, 0.29) is 5.69 Å². The zero-order valence-corrected chi connectivity index (χ0v) is 12.0. The number of rotatable bonds is 4. The largest absolute Gasteiger partial charge is 0.494 e. The first kappa shape index (κ1) is 14.6. The van der Waals surface area contributed by atoms with Crippen molar-refractivity contribution in [3.8, 4) is 16.9 Å². The van der Waals surface area contributed by atoms with Gasteiger partial charge in [-0.2, -0.15) is 0 Å². The van der Waals surface area contributed by atoms with Crippen molar-refractivity contribution in [2.45, 2.75) is 6.43 Å². The van der Waals surface area contributed by atoms with Gasteiger partial charge in [-0.15, -0.1) is 0 Å². The second-order valence-corrected chi connectivity index (χ2v) is 4.88. The quantitative estimate of drug-likeness (QED) is 0.779. The molecule has 0 amide bonds. The molecular formula is C14H10BrF2NO2. The Morgan fingerprint density at radius 1 is 1.30 bits per heavy atom. The van der Waals surface area contributed by atoms with Crippen molar-refractivity contribution in [1.82, 2.24) is 4.98 Å². The Kier molecular flexibility index (Phi) is 4.44. The number of aldehydes is 1. The lowest BCUT2D eigenvalue weighted by Crippen LogP contribution is -1.97. The van der Waals surface area contributed by atoms with Gasteiger partial charge in [-0.1, -0.05) is 15.9 Å². The predicted molar refractivity (Wildman–Crippen MR) is 74.3 cm³/mol. The summed E-state index contributed by atoms with van der Waals surface area (Å²) in [6.07, 6.45) is -0.790. The van der Waals surface area contributed by atoms with E-state index in [0.29, 0.717) is 28.7 Å². The number of hydrogen-bond donors (Lipinski definition) is 0. The first-order valence-corrected chi connectivity index (χ1v) is 6.43. The fraction of sp³-hybridized carbons (Fsp3) is 0.143. The Morgan fingerprint density at radius 2 is 2.05 bits per heavy atom. The van der Waals surface area contributed by atoms with Crippen molar-refractivity contribution in [1.29, 1.82) is 0 Å². The van der Waals surface area contributed by atoms with Crippen molar-refractivity contribution in [3.05, 3.63) is 46.2 Å². The fourth-order valence-corrected chi connectivity index (χ4v) is 2.18. The highest BCUT2D eigenvalue weighted by molar-refractivity contribution is 9.10. The number of halogens is 3. The van der Waals surface area contributed by atoms with Crippen LogP contribution in [0.15, 0.2) is 34.9 Å². The fourth-order valence-electron chi connectivity index (χ4n) is 1.82. The van der Waals surface area contributed by atoms with Gasteiger partial charge in [0.05, 0.1) is 13.3 Å². The summed E-state index contributed by atoms with van der Waals surface area (Å²) in [7, 11) is 1.42. The van der Waals surface area contributed by atoms with Crippen LogP contribution in [0.5, 0.6) is 5.75 Å². The molecule has 1 aromatic heterocycles. The molecule has 2 aromatic rings. The molecule has 0 N–H and O–H groups in total. The standard InChI is InChI=1S/C14H10BrF2NO2/c1-20-13-6-18-12(14(16)17)5-11(13)10-4-9(15)3-2-8(10)7-19/h2-7,14H,1H3. The molecule has 0 aliphatic carbocycles. The number of nitrogens with zero attached hydrogens (tertiary/aromatic N) is 1. The molecule has 0 aliphatic heterocycles. The second kappa shape index (κ2) is 6.09. The first-order valence-electron chi connectivity index (χ1n) is 5.64. The number of carbonyl (C=O) groups is 1. The maximum Gasteiger partial charge on any atom is 0.280 e. The van der Waals surface area contributed by atoms with E-state index in [0.717, 1.165) is 4.47 Å². The summed E-state index contributed by atoms with van der Waals surface area (Å²) in [5.74, 6) is 0.329. The summed E-state index contributed by atoms with van der Waals surface area (Å²) < 4.78 is 31.4. The molecular weight excluding hydrogens is 332 g/mol. The molecule has 0 aliphatic rings. The number of aromatic nitrogens is 1. The van der Waals surface area contributed by atoms with E-state index >= 15 is 0 Å². The molecule has 0 fully saturated rings. The monoisotopic (exact) mass is 341 g/mol. The summed E-state index contributed by atoms with van der Waals surface area (Å²) in [5, 5.41) is 0. The van der Waals surface area contributed by atoms with Gasteiger partial charge in [0.15, 0.2) is 6.29 Å². The normalized spacial score (nSPS) is 10.7. The third-order valence-corrected chi connectivity index (χ3v) is 3.26. The summed E-state index contributed by atoms with van der Waals surface area (Å²) in [4.78, 5) is 14.7. The molecule has 1 heterocycles. The Bertz CT molecular complexity index is 647. The van der Waals surface area contributed by atoms with E-state index in [2.05, 4.69) is 20.9 Å². The minimum atomic E-state index is -2.69. The van der Waals surface area contributed by atoms with Gasteiger partial charge >= 0.3 is 0 Å². The van der Waals surface area contributed by atoms with Gasteiger partial charge in [-0.05, 0) is 29.8 Å². The number of alkyl halides is 2. The molecule has 2 rings (SSSR count). The number of benzene rings is 1. The van der Waals surface area contributed by atoms with E-state index in [1.807, 2.05) is 0 Å². The van der Waals surface area contributed by atoms with Crippen LogP contribution in [-0.2, 0) is 0 Å². The van der Waals surface area contributed by atoms with E-state index < -0.39 is 6.43 Å². The molecule has 104 valence electrons. The third kappa shape index (κ3) is 2.85. The maximum absolute atomic E-state index is 12.8. The lowest BCUT2D eigenvalue weighted by atomic mass is 10.00. The van der Waals surface area contributed by atoms with Crippen LogP contribution in [0.2, 0.25) is 0 Å². The number of ether oxygens (including phenoxy) is 1. The predicted octanol–water partition coefficient (Wildman–Crippen LogP) is 4.27. The zero-order chi connectivity index (χ0) is 14.7. The van der Waals surface area contributed by atoms with E-state index in [1.165, 1.54) is 19.4 Å². The van der Waals surface area contributed by atoms with Gasteiger partial charge in [-0.25, -0.2) is 8.78 Å². The summed E-state index contributed by atoms with van der Waals surface area (Å²) >= 11 is 3.30. The molecule has 1 aromatic carbocycles. The van der Waals surface area contributed by atoms with Crippen LogP contribution >= 0.6 is 15.9 Å². The van der Waals surface area contributed by atoms with Crippen LogP contribution < -0.4 is 4.74 Å². The summed E-state index contributed by atoms with van der Waals surface area (Å²) in [5.41, 5.74) is 0.937. The van der Waals surface area contributed by atoms with Crippen molar-refractivity contribution in [2.75, 3.05) is 7.11 Å². The molecule has 20 heavy (non-hydrogen) atoms. The van der Waals surface area contributed by atoms with Crippen molar-refractivity contribution < 1.29 is 18.3 Å². The highest BCUT2D eigenvalue weighted by Gasteiger charge is 2.16. The van der Waals surface area contributed by atoms with Crippen LogP contribution in [0.1, 0.15) is 22.5 Å². The number of methoxy groups -OCH3 is 1. The minimum Gasteiger partial charge on any atom is -0.494 e. The molecule has 0 radical (unpaired) electrons. The van der Waals surface area contributed by atoms with E-state index in [9.17, 15) is 13.6 Å².